The molecule has 0 aromatic heterocycles. The molecular formula is C38H62N6O6. The molecule has 5 fully saturated rings. The highest BCUT2D eigenvalue weighted by atomic mass is 16.2. The molecule has 0 aromatic rings. The molecule has 0 radical (unpaired) electrons. The molecule has 1 unspecified atom stereocenters. The van der Waals surface area contributed by atoms with Crippen LogP contribution in [-0.4, -0.2) is 95.1 Å². The highest BCUT2D eigenvalue weighted by Crippen LogP contribution is 2.65. The van der Waals surface area contributed by atoms with Crippen molar-refractivity contribution in [2.24, 2.45) is 28.1 Å². The van der Waals surface area contributed by atoms with E-state index in [0.717, 1.165) is 57.8 Å². The molecule has 2 saturated heterocycles. The largest absolute Gasteiger partial charge is 0.347 e. The first-order valence-electron chi connectivity index (χ1n) is 19.3. The smallest absolute Gasteiger partial charge is 0.315 e. The van der Waals surface area contributed by atoms with Crippen LogP contribution in [0.1, 0.15) is 126 Å². The summed E-state index contributed by atoms with van der Waals surface area (Å²) in [4.78, 5) is 84.9. The molecular weight excluding hydrogens is 636 g/mol. The molecule has 12 heteroatoms. The Balaban J connectivity index is 1.36. The fourth-order valence-corrected chi connectivity index (χ4v) is 8.76. The fourth-order valence-electron chi connectivity index (χ4n) is 8.76. The lowest BCUT2D eigenvalue weighted by Crippen LogP contribution is -2.64. The molecule has 5 aliphatic rings. The molecule has 50 heavy (non-hydrogen) atoms. The van der Waals surface area contributed by atoms with Crippen molar-refractivity contribution in [3.63, 3.8) is 0 Å². The Kier molecular flexibility index (Phi) is 11.3. The lowest BCUT2D eigenvalue weighted by molar-refractivity contribution is -0.146. The van der Waals surface area contributed by atoms with Crippen LogP contribution in [0.5, 0.6) is 0 Å². The number of ketones is 1. The van der Waals surface area contributed by atoms with Crippen LogP contribution in [0.4, 0.5) is 4.79 Å². The van der Waals surface area contributed by atoms with Gasteiger partial charge in [0, 0.05) is 32.1 Å². The summed E-state index contributed by atoms with van der Waals surface area (Å²) in [6.45, 7) is 15.7. The van der Waals surface area contributed by atoms with E-state index in [1.165, 1.54) is 0 Å². The average Bonchev–Trinajstić information content (AvgIpc) is 3.90. The van der Waals surface area contributed by atoms with Crippen molar-refractivity contribution in [3.05, 3.63) is 0 Å². The number of hydrogen-bond donors (Lipinski definition) is 4. The monoisotopic (exact) mass is 698 g/mol. The van der Waals surface area contributed by atoms with E-state index >= 15 is 0 Å². The van der Waals surface area contributed by atoms with Gasteiger partial charge in [0.15, 0.2) is 0 Å². The van der Waals surface area contributed by atoms with Crippen molar-refractivity contribution in [3.8, 4) is 0 Å². The number of urea groups is 1. The number of carbonyl (C=O) groups excluding carboxylic acids is 6. The fraction of sp³-hybridized carbons (Fsp3) is 0.842. The highest BCUT2D eigenvalue weighted by molar-refractivity contribution is 6.38. The molecule has 5 rings (SSSR count). The van der Waals surface area contributed by atoms with Crippen molar-refractivity contribution < 1.29 is 28.8 Å². The van der Waals surface area contributed by atoms with Crippen molar-refractivity contribution >= 4 is 35.4 Å². The molecule has 2 heterocycles. The minimum atomic E-state index is -0.971. The molecule has 0 aromatic carbocycles. The summed E-state index contributed by atoms with van der Waals surface area (Å²) in [6, 6.07) is -3.43. The van der Waals surface area contributed by atoms with E-state index in [4.69, 9.17) is 0 Å². The van der Waals surface area contributed by atoms with Crippen molar-refractivity contribution in [2.75, 3.05) is 19.6 Å². The molecule has 6 amide bonds. The van der Waals surface area contributed by atoms with Gasteiger partial charge >= 0.3 is 6.03 Å². The maximum Gasteiger partial charge on any atom is 0.315 e. The summed E-state index contributed by atoms with van der Waals surface area (Å²) in [6.07, 6.45) is 9.43. The first-order chi connectivity index (χ1) is 23.5. The maximum atomic E-state index is 14.8. The van der Waals surface area contributed by atoms with Gasteiger partial charge in [0.25, 0.3) is 5.91 Å². The minimum Gasteiger partial charge on any atom is -0.347 e. The zero-order valence-corrected chi connectivity index (χ0v) is 31.5. The predicted molar refractivity (Wildman–Crippen MR) is 190 cm³/mol. The zero-order valence-electron chi connectivity index (χ0n) is 31.5. The number of rotatable bonds is 13. The Bertz CT molecular complexity index is 1330. The zero-order chi connectivity index (χ0) is 36.6. The lowest BCUT2D eigenvalue weighted by Gasteiger charge is -2.44. The minimum absolute atomic E-state index is 0.0223. The summed E-state index contributed by atoms with van der Waals surface area (Å²) in [5, 5.41) is 11.9. The Morgan fingerprint density at radius 3 is 2.20 bits per heavy atom. The van der Waals surface area contributed by atoms with Crippen LogP contribution in [0, 0.1) is 28.1 Å². The third-order valence-electron chi connectivity index (χ3n) is 12.5. The molecule has 0 spiro atoms. The van der Waals surface area contributed by atoms with E-state index in [2.05, 4.69) is 42.0 Å². The van der Waals surface area contributed by atoms with Gasteiger partial charge in [-0.25, -0.2) is 4.79 Å². The van der Waals surface area contributed by atoms with E-state index in [0.29, 0.717) is 38.9 Å². The SMILES string of the molecule is CCCC(NC(=O)[C@@H]1[C@@H]2[C@H](CN1C(=O)[C@@H](NC(=O)N[C@H](CN1CCCCC1=O)C(C)(C)C)C1(C)CCCCC1)C2(C)C)C(=O)C(=O)NC1CC1. The molecule has 3 saturated carbocycles. The number of likely N-dealkylation sites (tertiary alicyclic amines) is 2. The number of carbonyl (C=O) groups is 6. The second-order valence-electron chi connectivity index (χ2n) is 17.8. The Hall–Kier alpha value is -3.18. The third-order valence-corrected chi connectivity index (χ3v) is 12.5. The number of piperidine rings is 2. The van der Waals surface area contributed by atoms with Crippen LogP contribution in [0.3, 0.4) is 0 Å². The van der Waals surface area contributed by atoms with Crippen LogP contribution in [-0.2, 0) is 24.0 Å². The van der Waals surface area contributed by atoms with E-state index in [1.54, 1.807) is 4.90 Å². The molecule has 4 N–H and O–H groups in total. The number of fused-ring (bicyclic) bond motifs is 1. The van der Waals surface area contributed by atoms with Crippen LogP contribution < -0.4 is 21.3 Å². The molecule has 280 valence electrons. The molecule has 6 atom stereocenters. The summed E-state index contributed by atoms with van der Waals surface area (Å²) in [5.41, 5.74) is -1.03. The molecule has 2 aliphatic heterocycles. The Morgan fingerprint density at radius 2 is 1.60 bits per heavy atom. The first-order valence-corrected chi connectivity index (χ1v) is 19.3. The average molecular weight is 699 g/mol. The van der Waals surface area contributed by atoms with Crippen LogP contribution in [0.2, 0.25) is 0 Å². The van der Waals surface area contributed by atoms with Crippen molar-refractivity contribution in [1.29, 1.82) is 0 Å². The molecule has 12 nitrogen and oxygen atoms in total. The van der Waals surface area contributed by atoms with Gasteiger partial charge in [-0.05, 0) is 73.0 Å². The summed E-state index contributed by atoms with van der Waals surface area (Å²) >= 11 is 0. The van der Waals surface area contributed by atoms with Gasteiger partial charge in [0.05, 0.1) is 12.1 Å². The van der Waals surface area contributed by atoms with Gasteiger partial charge in [0.1, 0.15) is 12.1 Å². The predicted octanol–water partition coefficient (Wildman–Crippen LogP) is 3.67. The topological polar surface area (TPSA) is 157 Å². The number of nitrogens with zero attached hydrogens (tertiary/aromatic N) is 2. The number of Topliss-reactive ketones (excluding diaryl/α,β-unsaturated/α-hetero) is 1. The normalized spacial score (nSPS) is 27.3. The van der Waals surface area contributed by atoms with Gasteiger partial charge in [-0.2, -0.15) is 0 Å². The molecule has 3 aliphatic carbocycles. The van der Waals surface area contributed by atoms with E-state index in [9.17, 15) is 28.8 Å². The van der Waals surface area contributed by atoms with Gasteiger partial charge in [0.2, 0.25) is 23.5 Å². The van der Waals surface area contributed by atoms with E-state index in [-0.39, 0.29) is 46.6 Å². The number of amides is 6. The summed E-state index contributed by atoms with van der Waals surface area (Å²) < 4.78 is 0. The Morgan fingerprint density at radius 1 is 0.920 bits per heavy atom. The summed E-state index contributed by atoms with van der Waals surface area (Å²) in [5.74, 6) is -1.91. The van der Waals surface area contributed by atoms with Crippen LogP contribution >= 0.6 is 0 Å². The van der Waals surface area contributed by atoms with E-state index < -0.39 is 47.2 Å². The Labute approximate surface area is 298 Å². The number of hydrogen-bond acceptors (Lipinski definition) is 6. The van der Waals surface area contributed by atoms with Crippen LogP contribution in [0.15, 0.2) is 0 Å². The van der Waals surface area contributed by atoms with Crippen molar-refractivity contribution in [2.45, 2.75) is 156 Å². The first kappa shape index (κ1) is 38.1. The summed E-state index contributed by atoms with van der Waals surface area (Å²) in [7, 11) is 0. The second-order valence-corrected chi connectivity index (χ2v) is 17.8. The highest BCUT2D eigenvalue weighted by Gasteiger charge is 2.70. The maximum absolute atomic E-state index is 14.8. The van der Waals surface area contributed by atoms with Gasteiger partial charge in [-0.1, -0.05) is 74.1 Å². The van der Waals surface area contributed by atoms with Crippen molar-refractivity contribution in [1.82, 2.24) is 31.1 Å². The van der Waals surface area contributed by atoms with Crippen LogP contribution in [0.25, 0.3) is 0 Å². The lowest BCUT2D eigenvalue weighted by atomic mass is 9.70. The number of nitrogens with one attached hydrogen (secondary N) is 4. The third kappa shape index (κ3) is 8.30. The second kappa shape index (κ2) is 14.8. The van der Waals surface area contributed by atoms with Gasteiger partial charge < -0.3 is 31.1 Å². The quantitative estimate of drug-likeness (QED) is 0.215. The standard InChI is InChI=1S/C38H62N6O6/c1-8-14-25(30(46)33(48)39-23-16-17-23)40-32(47)29-28-24(37(28,5)6)21-44(29)34(49)31(38(7)18-11-9-12-19-38)42-35(50)41-26(36(2,3)4)22-43-20-13-10-15-27(43)45/h23-26,28-29,31H,8-22H2,1-7H3,(H,39,48)(H,40,47)(H2,41,42,50)/t24-,25?,26+,28-,29-,31+/m0/s1. The van der Waals surface area contributed by atoms with E-state index in [1.807, 2.05) is 32.6 Å². The van der Waals surface area contributed by atoms with Gasteiger partial charge in [-0.15, -0.1) is 0 Å². The molecule has 0 bridgehead atoms. The van der Waals surface area contributed by atoms with Gasteiger partial charge in [-0.3, -0.25) is 24.0 Å².